The van der Waals surface area contributed by atoms with Crippen LogP contribution in [0, 0.1) is 13.8 Å². The van der Waals surface area contributed by atoms with Gasteiger partial charge < -0.3 is 19.8 Å². The van der Waals surface area contributed by atoms with Crippen LogP contribution in [0.25, 0.3) is 11.3 Å². The van der Waals surface area contributed by atoms with Gasteiger partial charge in [-0.3, -0.25) is 0 Å². The fourth-order valence-electron chi connectivity index (χ4n) is 6.11. The highest BCUT2D eigenvalue weighted by atomic mass is 32.2. The van der Waals surface area contributed by atoms with E-state index in [-0.39, 0.29) is 6.04 Å². The summed E-state index contributed by atoms with van der Waals surface area (Å²) in [6.45, 7) is 20.4. The molecule has 42 heavy (non-hydrogen) atoms. The molecule has 2 N–H and O–H groups in total. The van der Waals surface area contributed by atoms with E-state index in [0.29, 0.717) is 12.1 Å². The molecule has 2 atom stereocenters. The fraction of sp³-hybridized carbons (Fsp3) is 0.576. The van der Waals surface area contributed by atoms with Crippen molar-refractivity contribution in [3.05, 3.63) is 59.4 Å². The molecule has 9 heteroatoms. The van der Waals surface area contributed by atoms with E-state index in [1.165, 1.54) is 42.3 Å². The van der Waals surface area contributed by atoms with Gasteiger partial charge in [-0.25, -0.2) is 9.50 Å². The number of likely N-dealkylation sites (tertiary alicyclic amines) is 1. The SMILES string of the molecule is C=C(c1cc(C)ccc1NSC)N1CCCCC1c1cc2nc(N3CC(NC(C)C[B]CCC)C3)c(C)cn2n1.CC. The minimum atomic E-state index is 0.193. The van der Waals surface area contributed by atoms with Gasteiger partial charge >= 0.3 is 0 Å². The Morgan fingerprint density at radius 3 is 2.71 bits per heavy atom. The summed E-state index contributed by atoms with van der Waals surface area (Å²) >= 11 is 1.61. The normalized spacial score (nSPS) is 17.8. The van der Waals surface area contributed by atoms with Gasteiger partial charge in [0.25, 0.3) is 0 Å². The molecular weight excluding hydrogens is 537 g/mol. The molecule has 2 aliphatic rings. The Morgan fingerprint density at radius 2 is 1.98 bits per heavy atom. The lowest BCUT2D eigenvalue weighted by atomic mass is 9.68. The highest BCUT2D eigenvalue weighted by Gasteiger charge is 2.31. The van der Waals surface area contributed by atoms with Gasteiger partial charge in [0.05, 0.1) is 17.4 Å². The number of nitrogens with one attached hydrogen (secondary N) is 2. The van der Waals surface area contributed by atoms with Crippen molar-refractivity contribution in [3.63, 3.8) is 0 Å². The summed E-state index contributed by atoms with van der Waals surface area (Å²) in [6.07, 6.45) is 11.2. The van der Waals surface area contributed by atoms with Crippen molar-refractivity contribution in [3.8, 4) is 0 Å². The summed E-state index contributed by atoms with van der Waals surface area (Å²) in [6, 6.07) is 9.99. The molecule has 0 aliphatic carbocycles. The Morgan fingerprint density at radius 1 is 1.19 bits per heavy atom. The van der Waals surface area contributed by atoms with Crippen LogP contribution < -0.4 is 14.9 Å². The molecule has 0 saturated carbocycles. The fourth-order valence-corrected chi connectivity index (χ4v) is 6.51. The zero-order valence-electron chi connectivity index (χ0n) is 26.9. The number of fused-ring (bicyclic) bond motifs is 1. The molecule has 1 radical (unpaired) electrons. The summed E-state index contributed by atoms with van der Waals surface area (Å²) in [7, 11) is 2.41. The van der Waals surface area contributed by atoms with Crippen LogP contribution in [0.1, 0.15) is 81.8 Å². The van der Waals surface area contributed by atoms with E-state index in [1.807, 2.05) is 18.4 Å². The second kappa shape index (κ2) is 15.2. The van der Waals surface area contributed by atoms with Crippen LogP contribution in [-0.2, 0) is 0 Å². The molecule has 0 spiro atoms. The molecule has 3 aromatic rings. The molecule has 227 valence electrons. The van der Waals surface area contributed by atoms with Crippen LogP contribution >= 0.6 is 11.9 Å². The summed E-state index contributed by atoms with van der Waals surface area (Å²) in [5, 5.41) is 8.84. The van der Waals surface area contributed by atoms with Crippen LogP contribution in [-0.4, -0.2) is 64.8 Å². The van der Waals surface area contributed by atoms with Crippen molar-refractivity contribution in [1.82, 2.24) is 24.8 Å². The lowest BCUT2D eigenvalue weighted by Crippen LogP contribution is -2.60. The largest absolute Gasteiger partial charge is 0.363 e. The average molecular weight is 589 g/mol. The lowest BCUT2D eigenvalue weighted by molar-refractivity contribution is 0.226. The molecule has 7 nitrogen and oxygen atoms in total. The van der Waals surface area contributed by atoms with E-state index in [9.17, 15) is 0 Å². The van der Waals surface area contributed by atoms with Gasteiger partial charge in [-0.15, -0.1) is 0 Å². The molecule has 5 rings (SSSR count). The van der Waals surface area contributed by atoms with Gasteiger partial charge in [0.15, 0.2) is 5.65 Å². The monoisotopic (exact) mass is 588 g/mol. The topological polar surface area (TPSA) is 60.7 Å². The van der Waals surface area contributed by atoms with Gasteiger partial charge in [0.1, 0.15) is 13.1 Å². The first-order chi connectivity index (χ1) is 20.4. The third-order valence-electron chi connectivity index (χ3n) is 8.23. The quantitative estimate of drug-likeness (QED) is 0.130. The first kappa shape index (κ1) is 32.3. The van der Waals surface area contributed by atoms with Crippen LogP contribution in [0.15, 0.2) is 37.0 Å². The molecule has 2 unspecified atom stereocenters. The number of aromatic nitrogens is 3. The predicted octanol–water partition coefficient (Wildman–Crippen LogP) is 7.38. The number of anilines is 2. The average Bonchev–Trinajstić information content (AvgIpc) is 3.39. The molecule has 2 aliphatic heterocycles. The number of hydrogen-bond donors (Lipinski definition) is 2. The summed E-state index contributed by atoms with van der Waals surface area (Å²) in [5.74, 6) is 1.08. The summed E-state index contributed by atoms with van der Waals surface area (Å²) in [4.78, 5) is 9.96. The Labute approximate surface area is 259 Å². The van der Waals surface area contributed by atoms with Crippen molar-refractivity contribution in [2.75, 3.05) is 35.5 Å². The molecule has 2 fully saturated rings. The Kier molecular flexibility index (Phi) is 11.7. The second-order valence-corrected chi connectivity index (χ2v) is 12.2. The smallest absolute Gasteiger partial charge is 0.157 e. The van der Waals surface area contributed by atoms with Gasteiger partial charge in [0, 0.05) is 61.0 Å². The molecule has 4 heterocycles. The minimum absolute atomic E-state index is 0.193. The number of benzene rings is 1. The zero-order chi connectivity index (χ0) is 30.2. The van der Waals surface area contributed by atoms with Gasteiger partial charge in [0.2, 0.25) is 0 Å². The molecule has 2 aromatic heterocycles. The third-order valence-corrected chi connectivity index (χ3v) is 8.65. The number of aryl methyl sites for hydroxylation is 2. The summed E-state index contributed by atoms with van der Waals surface area (Å²) < 4.78 is 5.42. The number of nitrogens with zero attached hydrogens (tertiary/aromatic N) is 5. The number of hydrogen-bond acceptors (Lipinski definition) is 7. The summed E-state index contributed by atoms with van der Waals surface area (Å²) in [5.41, 5.74) is 7.75. The van der Waals surface area contributed by atoms with Gasteiger partial charge in [-0.05, 0) is 51.3 Å². The first-order valence-corrected chi connectivity index (χ1v) is 17.2. The maximum atomic E-state index is 5.10. The number of piperidine rings is 1. The highest BCUT2D eigenvalue weighted by molar-refractivity contribution is 7.99. The van der Waals surface area contributed by atoms with E-state index in [1.54, 1.807) is 11.9 Å². The van der Waals surface area contributed by atoms with Crippen molar-refractivity contribution in [2.45, 2.75) is 98.0 Å². The highest BCUT2D eigenvalue weighted by Crippen LogP contribution is 2.39. The van der Waals surface area contributed by atoms with Crippen LogP contribution in [0.2, 0.25) is 12.6 Å². The van der Waals surface area contributed by atoms with Crippen molar-refractivity contribution in [1.29, 1.82) is 0 Å². The van der Waals surface area contributed by atoms with E-state index in [4.69, 9.17) is 10.1 Å². The predicted molar refractivity (Wildman–Crippen MR) is 184 cm³/mol. The van der Waals surface area contributed by atoms with Crippen molar-refractivity contribution < 1.29 is 0 Å². The Balaban J connectivity index is 0.00000198. The van der Waals surface area contributed by atoms with Gasteiger partial charge in [-0.1, -0.05) is 76.9 Å². The van der Waals surface area contributed by atoms with Crippen molar-refractivity contribution in [2.24, 2.45) is 0 Å². The Bertz CT molecular complexity index is 1320. The minimum Gasteiger partial charge on any atom is -0.363 e. The lowest BCUT2D eigenvalue weighted by Gasteiger charge is -2.42. The maximum absolute atomic E-state index is 5.10. The molecular formula is C33H51BN7S. The van der Waals surface area contributed by atoms with Crippen LogP contribution in [0.4, 0.5) is 11.5 Å². The Hall–Kier alpha value is -2.65. The first-order valence-electron chi connectivity index (χ1n) is 15.9. The number of rotatable bonds is 12. The van der Waals surface area contributed by atoms with Gasteiger partial charge in [-0.2, -0.15) is 5.10 Å². The van der Waals surface area contributed by atoms with E-state index >= 15 is 0 Å². The standard InChI is InChI=1S/C31H45BN7S.C2H6/c1-7-13-32-17-23(4)33-25-19-37(20-25)31-22(3)18-39-30(34-31)16-28(35-39)29-10-8-9-14-38(29)24(5)26-15-21(2)11-12-27(26)36-40-6;1-2/h11-12,15-16,18,23,25,29,33,36H,5,7-10,13-14,17,19-20H2,1-4,6H3;1-2H3. The molecule has 0 amide bonds. The molecule has 1 aromatic carbocycles. The van der Waals surface area contributed by atoms with E-state index in [2.05, 4.69) is 98.1 Å². The van der Waals surface area contributed by atoms with Crippen LogP contribution in [0.5, 0.6) is 0 Å². The third kappa shape index (κ3) is 7.46. The molecule has 0 bridgehead atoms. The maximum Gasteiger partial charge on any atom is 0.157 e. The molecule has 2 saturated heterocycles. The van der Waals surface area contributed by atoms with Crippen molar-refractivity contribution >= 4 is 42.1 Å². The zero-order valence-corrected chi connectivity index (χ0v) is 27.7. The second-order valence-electron chi connectivity index (χ2n) is 11.6. The van der Waals surface area contributed by atoms with Crippen LogP contribution in [0.3, 0.4) is 0 Å². The van der Waals surface area contributed by atoms with E-state index in [0.717, 1.165) is 60.9 Å². The van der Waals surface area contributed by atoms with E-state index < -0.39 is 0 Å².